The monoisotopic (exact) mass is 705 g/mol. The van der Waals surface area contributed by atoms with Crippen LogP contribution in [0, 0.1) is 0 Å². The normalized spacial score (nSPS) is 12.0. The standard InChI is InChI=1S/C41H43N3O6S/c1-41(2,3)42-40(46)38(28-31-15-8-5-9-16-31)43(29-32-17-14-20-36(27-32)49-4)39(45)30-44(51(47,48)37-21-12-7-13-22-37)33-23-25-35(26-24-33)50-34-18-10-6-11-19-34/h5-27,38H,28-30H2,1-4H3,(H,42,46). The number of methoxy groups -OCH3 is 1. The van der Waals surface area contributed by atoms with Crippen molar-refractivity contribution in [2.75, 3.05) is 18.0 Å². The molecule has 0 aromatic heterocycles. The Labute approximate surface area is 300 Å². The van der Waals surface area contributed by atoms with Crippen molar-refractivity contribution in [3.05, 3.63) is 151 Å². The molecule has 10 heteroatoms. The van der Waals surface area contributed by atoms with Crippen LogP contribution in [0.2, 0.25) is 0 Å². The van der Waals surface area contributed by atoms with E-state index in [1.165, 1.54) is 17.0 Å². The molecule has 5 aromatic rings. The molecule has 5 aromatic carbocycles. The van der Waals surface area contributed by atoms with Crippen LogP contribution in [-0.4, -0.2) is 50.4 Å². The van der Waals surface area contributed by atoms with Crippen LogP contribution in [-0.2, 0) is 32.6 Å². The summed E-state index contributed by atoms with van der Waals surface area (Å²) in [6.45, 7) is 5.07. The first-order chi connectivity index (χ1) is 24.4. The van der Waals surface area contributed by atoms with Gasteiger partial charge in [-0.05, 0) is 92.6 Å². The topological polar surface area (TPSA) is 105 Å². The lowest BCUT2D eigenvalue weighted by Gasteiger charge is -2.35. The molecule has 9 nitrogen and oxygen atoms in total. The number of nitrogens with one attached hydrogen (secondary N) is 1. The summed E-state index contributed by atoms with van der Waals surface area (Å²) in [5.41, 5.74) is 1.22. The van der Waals surface area contributed by atoms with Crippen LogP contribution in [0.15, 0.2) is 144 Å². The van der Waals surface area contributed by atoms with E-state index in [1.807, 2.05) is 93.6 Å². The summed E-state index contributed by atoms with van der Waals surface area (Å²) in [6, 6.07) is 39.4. The van der Waals surface area contributed by atoms with Crippen LogP contribution in [0.1, 0.15) is 31.9 Å². The minimum atomic E-state index is -4.25. The van der Waals surface area contributed by atoms with Crippen LogP contribution in [0.4, 0.5) is 5.69 Å². The lowest BCUT2D eigenvalue weighted by Crippen LogP contribution is -2.56. The van der Waals surface area contributed by atoms with Crippen molar-refractivity contribution in [2.24, 2.45) is 0 Å². The molecule has 0 aliphatic heterocycles. The van der Waals surface area contributed by atoms with Crippen molar-refractivity contribution in [3.8, 4) is 17.2 Å². The predicted octanol–water partition coefficient (Wildman–Crippen LogP) is 7.24. The van der Waals surface area contributed by atoms with Crippen molar-refractivity contribution < 1.29 is 27.5 Å². The molecule has 0 bridgehead atoms. The number of anilines is 1. The number of hydrogen-bond acceptors (Lipinski definition) is 6. The van der Waals surface area contributed by atoms with Gasteiger partial charge >= 0.3 is 0 Å². The van der Waals surface area contributed by atoms with Gasteiger partial charge in [-0.3, -0.25) is 13.9 Å². The minimum absolute atomic E-state index is 0.0214. The van der Waals surface area contributed by atoms with E-state index >= 15 is 0 Å². The number of sulfonamides is 1. The molecule has 1 atom stereocenters. The van der Waals surface area contributed by atoms with Crippen molar-refractivity contribution in [3.63, 3.8) is 0 Å². The Morgan fingerprint density at radius 3 is 1.86 bits per heavy atom. The van der Waals surface area contributed by atoms with Gasteiger partial charge in [0.05, 0.1) is 17.7 Å². The predicted molar refractivity (Wildman–Crippen MR) is 199 cm³/mol. The smallest absolute Gasteiger partial charge is 0.264 e. The van der Waals surface area contributed by atoms with Gasteiger partial charge in [-0.2, -0.15) is 0 Å². The van der Waals surface area contributed by atoms with Crippen molar-refractivity contribution in [2.45, 2.75) is 50.2 Å². The molecule has 0 heterocycles. The Hall–Kier alpha value is -5.61. The van der Waals surface area contributed by atoms with Crippen LogP contribution in [0.5, 0.6) is 17.2 Å². The van der Waals surface area contributed by atoms with Gasteiger partial charge in [0, 0.05) is 18.5 Å². The van der Waals surface area contributed by atoms with Gasteiger partial charge in [0.2, 0.25) is 11.8 Å². The quantitative estimate of drug-likeness (QED) is 0.131. The van der Waals surface area contributed by atoms with E-state index < -0.39 is 34.1 Å². The number of carbonyl (C=O) groups excluding carboxylic acids is 2. The third kappa shape index (κ3) is 9.98. The number of carbonyl (C=O) groups is 2. The first-order valence-corrected chi connectivity index (χ1v) is 18.1. The maximum absolute atomic E-state index is 14.8. The van der Waals surface area contributed by atoms with Gasteiger partial charge < -0.3 is 19.7 Å². The third-order valence-electron chi connectivity index (χ3n) is 7.97. The van der Waals surface area contributed by atoms with E-state index in [4.69, 9.17) is 9.47 Å². The molecule has 0 aliphatic rings. The summed E-state index contributed by atoms with van der Waals surface area (Å²) < 4.78 is 41.1. The number of nitrogens with zero attached hydrogens (tertiary/aromatic N) is 2. The third-order valence-corrected chi connectivity index (χ3v) is 9.76. The average Bonchev–Trinajstić information content (AvgIpc) is 3.13. The highest BCUT2D eigenvalue weighted by atomic mass is 32.2. The summed E-state index contributed by atoms with van der Waals surface area (Å²) in [6.07, 6.45) is 0.204. The molecule has 5 rings (SSSR count). The molecule has 0 fully saturated rings. The van der Waals surface area contributed by atoms with Crippen LogP contribution < -0.4 is 19.1 Å². The summed E-state index contributed by atoms with van der Waals surface area (Å²) in [5.74, 6) is 0.786. The van der Waals surface area contributed by atoms with Crippen molar-refractivity contribution >= 4 is 27.5 Å². The molecule has 1 unspecified atom stereocenters. The van der Waals surface area contributed by atoms with E-state index in [0.717, 1.165) is 9.87 Å². The molecule has 0 aliphatic carbocycles. The van der Waals surface area contributed by atoms with Gasteiger partial charge in [0.25, 0.3) is 10.0 Å². The van der Waals surface area contributed by atoms with E-state index in [2.05, 4.69) is 5.32 Å². The first kappa shape index (κ1) is 36.7. The van der Waals surface area contributed by atoms with Crippen LogP contribution in [0.25, 0.3) is 0 Å². The van der Waals surface area contributed by atoms with E-state index in [1.54, 1.807) is 61.7 Å². The number of para-hydroxylation sites is 1. The summed E-state index contributed by atoms with van der Waals surface area (Å²) in [7, 11) is -2.69. The second-order valence-corrected chi connectivity index (χ2v) is 14.9. The van der Waals surface area contributed by atoms with Gasteiger partial charge in [0.1, 0.15) is 29.8 Å². The van der Waals surface area contributed by atoms with Gasteiger partial charge in [-0.1, -0.05) is 78.9 Å². The number of amides is 2. The highest BCUT2D eigenvalue weighted by molar-refractivity contribution is 7.92. The molecule has 1 N–H and O–H groups in total. The molecule has 264 valence electrons. The summed E-state index contributed by atoms with van der Waals surface area (Å²) in [5, 5.41) is 3.05. The zero-order valence-electron chi connectivity index (χ0n) is 29.2. The van der Waals surface area contributed by atoms with Crippen molar-refractivity contribution in [1.29, 1.82) is 0 Å². The fourth-order valence-corrected chi connectivity index (χ4v) is 6.96. The first-order valence-electron chi connectivity index (χ1n) is 16.6. The Morgan fingerprint density at radius 1 is 0.706 bits per heavy atom. The second kappa shape index (κ2) is 16.4. The van der Waals surface area contributed by atoms with Gasteiger partial charge in [-0.15, -0.1) is 0 Å². The molecule has 0 saturated carbocycles. The molecule has 51 heavy (non-hydrogen) atoms. The zero-order chi connectivity index (χ0) is 36.4. The highest BCUT2D eigenvalue weighted by Gasteiger charge is 2.35. The maximum Gasteiger partial charge on any atom is 0.264 e. The van der Waals surface area contributed by atoms with Gasteiger partial charge in [-0.25, -0.2) is 8.42 Å². The number of ether oxygens (including phenoxy) is 2. The van der Waals surface area contributed by atoms with Crippen LogP contribution >= 0.6 is 0 Å². The molecular formula is C41H43N3O6S. The maximum atomic E-state index is 14.8. The summed E-state index contributed by atoms with van der Waals surface area (Å²) >= 11 is 0. The Kier molecular flexibility index (Phi) is 11.8. The van der Waals surface area contributed by atoms with E-state index in [-0.39, 0.29) is 29.5 Å². The lowest BCUT2D eigenvalue weighted by molar-refractivity contribution is -0.140. The van der Waals surface area contributed by atoms with Crippen LogP contribution in [0.3, 0.4) is 0 Å². The lowest BCUT2D eigenvalue weighted by atomic mass is 10.0. The largest absolute Gasteiger partial charge is 0.497 e. The summed E-state index contributed by atoms with van der Waals surface area (Å²) in [4.78, 5) is 30.3. The zero-order valence-corrected chi connectivity index (χ0v) is 30.0. The Balaban J connectivity index is 1.57. The molecule has 2 amide bonds. The fraction of sp³-hybridized carbons (Fsp3) is 0.220. The van der Waals surface area contributed by atoms with E-state index in [0.29, 0.717) is 22.8 Å². The Bertz CT molecular complexity index is 2000. The minimum Gasteiger partial charge on any atom is -0.497 e. The number of benzene rings is 5. The van der Waals surface area contributed by atoms with Gasteiger partial charge in [0.15, 0.2) is 0 Å². The Morgan fingerprint density at radius 2 is 1.25 bits per heavy atom. The molecular weight excluding hydrogens is 663 g/mol. The second-order valence-electron chi connectivity index (χ2n) is 13.1. The highest BCUT2D eigenvalue weighted by Crippen LogP contribution is 2.29. The number of rotatable bonds is 14. The number of hydrogen-bond donors (Lipinski definition) is 1. The SMILES string of the molecule is COc1cccc(CN(C(=O)CN(c2ccc(Oc3ccccc3)cc2)S(=O)(=O)c2ccccc2)C(Cc2ccccc2)C(=O)NC(C)(C)C)c1. The molecule has 0 spiro atoms. The fourth-order valence-electron chi connectivity index (χ4n) is 5.53. The average molecular weight is 706 g/mol. The molecule has 0 radical (unpaired) electrons. The molecule has 0 saturated heterocycles. The van der Waals surface area contributed by atoms with E-state index in [9.17, 15) is 18.0 Å². The van der Waals surface area contributed by atoms with Crippen molar-refractivity contribution in [1.82, 2.24) is 10.2 Å².